The Morgan fingerprint density at radius 3 is 2.79 bits per heavy atom. The van der Waals surface area contributed by atoms with Crippen molar-refractivity contribution in [3.05, 3.63) is 64.7 Å². The van der Waals surface area contributed by atoms with Gasteiger partial charge in [0.1, 0.15) is 12.4 Å². The van der Waals surface area contributed by atoms with Crippen LogP contribution in [-0.4, -0.2) is 0 Å². The Kier molecular flexibility index (Phi) is 3.26. The Bertz CT molecular complexity index is 577. The molecule has 2 aromatic carbocycles. The van der Waals surface area contributed by atoms with Gasteiger partial charge in [0.25, 0.3) is 0 Å². The smallest absolute Gasteiger partial charge is 0.120 e. The summed E-state index contributed by atoms with van der Waals surface area (Å²) in [5.74, 6) is 0.928. The van der Waals surface area contributed by atoms with E-state index < -0.39 is 0 Å². The molecule has 98 valence electrons. The first kappa shape index (κ1) is 12.2. The van der Waals surface area contributed by atoms with Gasteiger partial charge in [-0.15, -0.1) is 0 Å². The molecular weight excluding hydrogens is 234 g/mol. The predicted molar refractivity (Wildman–Crippen MR) is 77.2 cm³/mol. The molecule has 1 aliphatic carbocycles. The molecule has 0 fully saturated rings. The standard InChI is InChI=1S/C17H19NO/c1-12-9-14(10-16-15(12)7-8-17(16)18)19-11-13-5-3-2-4-6-13/h2-6,9-10,17H,7-8,11,18H2,1H3/t17-/m0/s1. The summed E-state index contributed by atoms with van der Waals surface area (Å²) in [5, 5.41) is 0. The second-order valence-electron chi connectivity index (χ2n) is 5.23. The average molecular weight is 253 g/mol. The van der Waals surface area contributed by atoms with Crippen molar-refractivity contribution in [2.24, 2.45) is 5.73 Å². The summed E-state index contributed by atoms with van der Waals surface area (Å²) < 4.78 is 5.89. The van der Waals surface area contributed by atoms with Crippen LogP contribution in [0.5, 0.6) is 5.75 Å². The van der Waals surface area contributed by atoms with Crippen molar-refractivity contribution in [1.29, 1.82) is 0 Å². The molecule has 0 aliphatic heterocycles. The lowest BCUT2D eigenvalue weighted by atomic mass is 10.0. The zero-order chi connectivity index (χ0) is 13.2. The van der Waals surface area contributed by atoms with Gasteiger partial charge in [-0.05, 0) is 54.2 Å². The van der Waals surface area contributed by atoms with Gasteiger partial charge in [-0.3, -0.25) is 0 Å². The van der Waals surface area contributed by atoms with Crippen molar-refractivity contribution in [2.45, 2.75) is 32.4 Å². The fourth-order valence-electron chi connectivity index (χ4n) is 2.76. The summed E-state index contributed by atoms with van der Waals surface area (Å²) in [4.78, 5) is 0. The largest absolute Gasteiger partial charge is 0.489 e. The second kappa shape index (κ2) is 5.06. The number of hydrogen-bond donors (Lipinski definition) is 1. The summed E-state index contributed by atoms with van der Waals surface area (Å²) in [6.07, 6.45) is 2.15. The maximum absolute atomic E-state index is 6.14. The molecule has 2 aromatic rings. The third-order valence-electron chi connectivity index (χ3n) is 3.83. The monoisotopic (exact) mass is 253 g/mol. The Hall–Kier alpha value is -1.80. The predicted octanol–water partition coefficient (Wildman–Crippen LogP) is 3.52. The zero-order valence-electron chi connectivity index (χ0n) is 11.2. The lowest BCUT2D eigenvalue weighted by molar-refractivity contribution is 0.305. The second-order valence-corrected chi connectivity index (χ2v) is 5.23. The Morgan fingerprint density at radius 1 is 1.21 bits per heavy atom. The Morgan fingerprint density at radius 2 is 2.00 bits per heavy atom. The minimum atomic E-state index is 0.175. The molecule has 0 spiro atoms. The van der Waals surface area contributed by atoms with Crippen LogP contribution in [0.2, 0.25) is 0 Å². The molecule has 19 heavy (non-hydrogen) atoms. The van der Waals surface area contributed by atoms with Crippen molar-refractivity contribution in [3.8, 4) is 5.75 Å². The summed E-state index contributed by atoms with van der Waals surface area (Å²) in [7, 11) is 0. The topological polar surface area (TPSA) is 35.2 Å². The summed E-state index contributed by atoms with van der Waals surface area (Å²) >= 11 is 0. The van der Waals surface area contributed by atoms with E-state index in [1.165, 1.54) is 22.3 Å². The lowest BCUT2D eigenvalue weighted by Gasteiger charge is -2.12. The summed E-state index contributed by atoms with van der Waals surface area (Å²) in [5.41, 5.74) is 11.3. The molecule has 3 rings (SSSR count). The molecule has 0 saturated heterocycles. The average Bonchev–Trinajstić information content (AvgIpc) is 2.80. The molecule has 0 bridgehead atoms. The van der Waals surface area contributed by atoms with Crippen LogP contribution in [0.3, 0.4) is 0 Å². The van der Waals surface area contributed by atoms with E-state index in [2.05, 4.69) is 31.2 Å². The Labute approximate surface area is 114 Å². The molecular formula is C17H19NO. The fourth-order valence-corrected chi connectivity index (χ4v) is 2.76. The number of aryl methyl sites for hydroxylation is 1. The van der Waals surface area contributed by atoms with Crippen LogP contribution >= 0.6 is 0 Å². The third-order valence-corrected chi connectivity index (χ3v) is 3.83. The lowest BCUT2D eigenvalue weighted by Crippen LogP contribution is -2.06. The zero-order valence-corrected chi connectivity index (χ0v) is 11.2. The van der Waals surface area contributed by atoms with Gasteiger partial charge in [-0.2, -0.15) is 0 Å². The summed E-state index contributed by atoms with van der Waals surface area (Å²) in [6.45, 7) is 2.75. The maximum atomic E-state index is 6.14. The SMILES string of the molecule is Cc1cc(OCc2ccccc2)cc2c1CC[C@@H]2N. The molecule has 2 heteroatoms. The number of rotatable bonds is 3. The van der Waals surface area contributed by atoms with Gasteiger partial charge in [0.2, 0.25) is 0 Å². The van der Waals surface area contributed by atoms with Gasteiger partial charge < -0.3 is 10.5 Å². The van der Waals surface area contributed by atoms with Crippen LogP contribution in [0.15, 0.2) is 42.5 Å². The maximum Gasteiger partial charge on any atom is 0.120 e. The van der Waals surface area contributed by atoms with Gasteiger partial charge in [-0.1, -0.05) is 30.3 Å². The number of benzene rings is 2. The van der Waals surface area contributed by atoms with E-state index in [-0.39, 0.29) is 6.04 Å². The highest BCUT2D eigenvalue weighted by molar-refractivity contribution is 5.46. The Balaban J connectivity index is 1.79. The van der Waals surface area contributed by atoms with Crippen LogP contribution in [0.1, 0.15) is 34.7 Å². The van der Waals surface area contributed by atoms with Gasteiger partial charge in [-0.25, -0.2) is 0 Å². The molecule has 1 atom stereocenters. The highest BCUT2D eigenvalue weighted by atomic mass is 16.5. The number of ether oxygens (including phenoxy) is 1. The van der Waals surface area contributed by atoms with Crippen molar-refractivity contribution in [2.75, 3.05) is 0 Å². The van der Waals surface area contributed by atoms with Crippen molar-refractivity contribution in [1.82, 2.24) is 0 Å². The molecule has 2 nitrogen and oxygen atoms in total. The van der Waals surface area contributed by atoms with E-state index >= 15 is 0 Å². The third kappa shape index (κ3) is 2.49. The first-order chi connectivity index (χ1) is 9.24. The van der Waals surface area contributed by atoms with E-state index in [0.29, 0.717) is 6.61 Å². The van der Waals surface area contributed by atoms with Crippen LogP contribution in [-0.2, 0) is 13.0 Å². The van der Waals surface area contributed by atoms with Gasteiger partial charge >= 0.3 is 0 Å². The van der Waals surface area contributed by atoms with E-state index in [4.69, 9.17) is 10.5 Å². The minimum absolute atomic E-state index is 0.175. The van der Waals surface area contributed by atoms with E-state index in [1.54, 1.807) is 0 Å². The molecule has 0 aromatic heterocycles. The quantitative estimate of drug-likeness (QED) is 0.908. The first-order valence-corrected chi connectivity index (χ1v) is 6.80. The molecule has 0 heterocycles. The van der Waals surface area contributed by atoms with E-state index in [1.807, 2.05) is 18.2 Å². The van der Waals surface area contributed by atoms with Gasteiger partial charge in [0.05, 0.1) is 0 Å². The normalized spacial score (nSPS) is 17.3. The molecule has 2 N–H and O–H groups in total. The van der Waals surface area contributed by atoms with Crippen LogP contribution in [0.25, 0.3) is 0 Å². The number of nitrogens with two attached hydrogens (primary N) is 1. The molecule has 0 radical (unpaired) electrons. The molecule has 0 unspecified atom stereocenters. The van der Waals surface area contributed by atoms with Crippen LogP contribution < -0.4 is 10.5 Å². The van der Waals surface area contributed by atoms with Crippen molar-refractivity contribution < 1.29 is 4.74 Å². The highest BCUT2D eigenvalue weighted by Crippen LogP contribution is 2.34. The highest BCUT2D eigenvalue weighted by Gasteiger charge is 2.21. The fraction of sp³-hybridized carbons (Fsp3) is 0.294. The first-order valence-electron chi connectivity index (χ1n) is 6.80. The van der Waals surface area contributed by atoms with Crippen molar-refractivity contribution in [3.63, 3.8) is 0 Å². The molecule has 0 amide bonds. The van der Waals surface area contributed by atoms with E-state index in [0.717, 1.165) is 18.6 Å². The van der Waals surface area contributed by atoms with Crippen LogP contribution in [0, 0.1) is 6.92 Å². The minimum Gasteiger partial charge on any atom is -0.489 e. The molecule has 1 aliphatic rings. The van der Waals surface area contributed by atoms with Crippen molar-refractivity contribution >= 4 is 0 Å². The summed E-state index contributed by atoms with van der Waals surface area (Å²) in [6, 6.07) is 14.6. The van der Waals surface area contributed by atoms with Gasteiger partial charge in [0.15, 0.2) is 0 Å². The molecule has 0 saturated carbocycles. The number of hydrogen-bond acceptors (Lipinski definition) is 2. The van der Waals surface area contributed by atoms with E-state index in [9.17, 15) is 0 Å². The van der Waals surface area contributed by atoms with Gasteiger partial charge in [0, 0.05) is 6.04 Å². The number of fused-ring (bicyclic) bond motifs is 1. The van der Waals surface area contributed by atoms with Crippen LogP contribution in [0.4, 0.5) is 0 Å².